The van der Waals surface area contributed by atoms with Crippen LogP contribution in [0.4, 0.5) is 0 Å². The highest BCUT2D eigenvalue weighted by atomic mass is 16.8. The number of unbranched alkanes of at least 4 members (excludes halogenated alkanes) is 2. The molecule has 3 aromatic carbocycles. The van der Waals surface area contributed by atoms with Crippen LogP contribution in [-0.2, 0) is 14.3 Å². The number of likely N-dealkylation sites (N-methyl/N-ethyl adjacent to an activating group) is 1. The Morgan fingerprint density at radius 1 is 0.968 bits per heavy atom. The summed E-state index contributed by atoms with van der Waals surface area (Å²) in [6, 6.07) is 15.2. The third-order valence-corrected chi connectivity index (χ3v) is 13.0. The molecule has 2 N–H and O–H groups in total. The van der Waals surface area contributed by atoms with E-state index in [4.69, 9.17) is 43.2 Å². The van der Waals surface area contributed by atoms with E-state index in [9.17, 15) is 19.8 Å². The lowest BCUT2D eigenvalue weighted by Gasteiger charge is -2.59. The predicted octanol–water partition coefficient (Wildman–Crippen LogP) is 7.96. The summed E-state index contributed by atoms with van der Waals surface area (Å²) in [6.45, 7) is 4.96. The van der Waals surface area contributed by atoms with Gasteiger partial charge in [0.2, 0.25) is 18.9 Å². The van der Waals surface area contributed by atoms with Crippen molar-refractivity contribution in [1.29, 1.82) is 0 Å². The maximum Gasteiger partial charge on any atom is 0.254 e. The summed E-state index contributed by atoms with van der Waals surface area (Å²) in [5.74, 6) is 0.628. The van der Waals surface area contributed by atoms with E-state index in [1.54, 1.807) is 54.4 Å². The summed E-state index contributed by atoms with van der Waals surface area (Å²) in [6.07, 6.45) is 11.5. The number of amides is 1. The molecule has 0 bridgehead atoms. The Hall–Kier alpha value is -5.41. The second kappa shape index (κ2) is 20.0. The Labute approximate surface area is 368 Å². The molecule has 3 aromatic rings. The highest BCUT2D eigenvalue weighted by molar-refractivity contribution is 6.03. The summed E-state index contributed by atoms with van der Waals surface area (Å²) >= 11 is 0. The first-order valence-corrected chi connectivity index (χ1v) is 22.2. The number of hydrogen-bond acceptors (Lipinski definition) is 13. The van der Waals surface area contributed by atoms with Gasteiger partial charge in [0.05, 0.1) is 37.5 Å². The van der Waals surface area contributed by atoms with Crippen LogP contribution in [0.3, 0.4) is 0 Å². The number of benzene rings is 3. The van der Waals surface area contributed by atoms with Gasteiger partial charge in [-0.2, -0.15) is 0 Å². The fourth-order valence-corrected chi connectivity index (χ4v) is 10.1. The van der Waals surface area contributed by atoms with Crippen LogP contribution < -0.4 is 23.7 Å². The van der Waals surface area contributed by atoms with Crippen molar-refractivity contribution in [2.45, 2.75) is 88.2 Å². The van der Waals surface area contributed by atoms with Crippen LogP contribution in [-0.4, -0.2) is 98.5 Å². The van der Waals surface area contributed by atoms with Gasteiger partial charge in [0, 0.05) is 50.1 Å². The number of aliphatic hydroxyl groups is 2. The van der Waals surface area contributed by atoms with Crippen molar-refractivity contribution in [3.05, 3.63) is 95.6 Å². The van der Waals surface area contributed by atoms with Crippen LogP contribution >= 0.6 is 0 Å². The van der Waals surface area contributed by atoms with E-state index in [2.05, 4.69) is 12.7 Å². The van der Waals surface area contributed by atoms with E-state index in [1.165, 1.54) is 7.11 Å². The molecule has 7 unspecified atom stereocenters. The second-order valence-electron chi connectivity index (χ2n) is 16.8. The van der Waals surface area contributed by atoms with Gasteiger partial charge in [-0.25, -0.2) is 0 Å². The number of methoxy groups -OCH3 is 1. The lowest BCUT2D eigenvalue weighted by molar-refractivity contribution is -0.252. The molecular formula is C49H58N2O12. The summed E-state index contributed by atoms with van der Waals surface area (Å²) in [4.78, 5) is 34.7. The number of carbonyl (C=O) groups is 2. The van der Waals surface area contributed by atoms with Gasteiger partial charge >= 0.3 is 0 Å². The molecule has 7 atom stereocenters. The number of carbonyl (C=O) groups excluding carboxylic acids is 2. The molecule has 336 valence electrons. The van der Waals surface area contributed by atoms with Crippen molar-refractivity contribution >= 4 is 17.9 Å². The molecule has 5 aliphatic rings. The largest absolute Gasteiger partial charge is 0.496 e. The van der Waals surface area contributed by atoms with Gasteiger partial charge in [-0.15, -0.1) is 6.58 Å². The lowest BCUT2D eigenvalue weighted by atomic mass is 9.55. The van der Waals surface area contributed by atoms with Crippen molar-refractivity contribution in [3.8, 4) is 34.5 Å². The van der Waals surface area contributed by atoms with Gasteiger partial charge in [-0.3, -0.25) is 9.59 Å². The Balaban J connectivity index is 1.30. The number of aliphatic hydroxyl groups excluding tert-OH is 2. The monoisotopic (exact) mass is 866 g/mol. The smallest absolute Gasteiger partial charge is 0.254 e. The van der Waals surface area contributed by atoms with Crippen LogP contribution in [0, 0.1) is 17.8 Å². The molecule has 14 heteroatoms. The Morgan fingerprint density at radius 3 is 2.51 bits per heavy atom. The van der Waals surface area contributed by atoms with Crippen molar-refractivity contribution in [3.63, 3.8) is 0 Å². The molecule has 0 aromatic heterocycles. The Kier molecular flexibility index (Phi) is 14.0. The van der Waals surface area contributed by atoms with E-state index in [-0.39, 0.29) is 56.7 Å². The zero-order chi connectivity index (χ0) is 43.9. The molecule has 14 nitrogen and oxygen atoms in total. The van der Waals surface area contributed by atoms with Crippen molar-refractivity contribution < 1.29 is 57.8 Å². The molecule has 8 rings (SSSR count). The normalized spacial score (nSPS) is 26.1. The number of rotatable bonds is 19. The minimum absolute atomic E-state index is 0.00807. The number of aldehydes is 1. The molecule has 2 aliphatic carbocycles. The van der Waals surface area contributed by atoms with Crippen LogP contribution in [0.2, 0.25) is 0 Å². The minimum Gasteiger partial charge on any atom is -0.496 e. The third kappa shape index (κ3) is 9.04. The quantitative estimate of drug-likeness (QED) is 0.0518. The van der Waals surface area contributed by atoms with Crippen molar-refractivity contribution in [1.82, 2.24) is 4.90 Å². The summed E-state index contributed by atoms with van der Waals surface area (Å²) < 4.78 is 43.4. The molecule has 1 saturated carbocycles. The van der Waals surface area contributed by atoms with Crippen molar-refractivity contribution in [2.75, 3.05) is 47.4 Å². The number of nitrogens with zero attached hydrogens (tertiary/aromatic N) is 2. The van der Waals surface area contributed by atoms with Gasteiger partial charge in [0.1, 0.15) is 29.0 Å². The zero-order valence-electron chi connectivity index (χ0n) is 36.1. The summed E-state index contributed by atoms with van der Waals surface area (Å²) in [5, 5.41) is 24.8. The lowest BCUT2D eigenvalue weighted by Crippen LogP contribution is -2.69. The van der Waals surface area contributed by atoms with Crippen LogP contribution in [0.1, 0.15) is 96.4 Å². The van der Waals surface area contributed by atoms with Crippen LogP contribution in [0.5, 0.6) is 34.5 Å². The minimum atomic E-state index is -1.44. The fourth-order valence-electron chi connectivity index (χ4n) is 10.1. The number of allylic oxidation sites excluding steroid dienone is 1. The molecule has 1 saturated heterocycles. The van der Waals surface area contributed by atoms with E-state index >= 15 is 0 Å². The SMILES string of the molecule is C=CCOC12Oc3ccc(Oc4ccc(OC)c(C=O)c4)cc3C3C(CCCCO)C(CCCCO)C=C(C(=NOC4CCCCO4)CC1N(C)C(=O)c1ccc4c(c1)OCO4)C32. The molecule has 0 spiro atoms. The fraction of sp³-hybridized carbons (Fsp3) is 0.490. The van der Waals surface area contributed by atoms with E-state index in [0.29, 0.717) is 77.2 Å². The van der Waals surface area contributed by atoms with E-state index < -0.39 is 24.0 Å². The topological polar surface area (TPSA) is 164 Å². The standard InChI is InChI=1S/C49H58N2O12/c1-4-22-60-49-44(51(2)48(55)32-14-17-42-43(26-32)59-30-58-42)28-39(50-63-45-13-7-10-23-57-45)37-25-31(11-5-8-20-52)36(12-6-9-21-53)46(47(37)49)38-27-35(16-19-41(38)62-49)61-34-15-18-40(56-3)33(24-34)29-54/h4,14-19,24-27,29,31,36,44-47,52-53H,1,5-13,20-23,28,30H2,2-3H3. The number of oxime groups is 1. The molecule has 63 heavy (non-hydrogen) atoms. The number of fused-ring (bicyclic) bond motifs is 3. The van der Waals surface area contributed by atoms with Crippen molar-refractivity contribution in [2.24, 2.45) is 22.9 Å². The average molecular weight is 867 g/mol. The molecule has 3 aliphatic heterocycles. The first-order valence-electron chi connectivity index (χ1n) is 22.2. The first kappa shape index (κ1) is 44.2. The Morgan fingerprint density at radius 2 is 1.75 bits per heavy atom. The highest BCUT2D eigenvalue weighted by Gasteiger charge is 2.65. The zero-order valence-corrected chi connectivity index (χ0v) is 36.1. The predicted molar refractivity (Wildman–Crippen MR) is 233 cm³/mol. The first-order chi connectivity index (χ1) is 30.8. The second-order valence-corrected chi connectivity index (χ2v) is 16.8. The molecule has 2 fully saturated rings. The van der Waals surface area contributed by atoms with E-state index in [0.717, 1.165) is 55.9 Å². The Bertz CT molecular complexity index is 2180. The van der Waals surface area contributed by atoms with E-state index in [1.807, 2.05) is 18.2 Å². The maximum atomic E-state index is 14.8. The average Bonchev–Trinajstić information content (AvgIpc) is 3.79. The highest BCUT2D eigenvalue weighted by Crippen LogP contribution is 2.62. The number of ether oxygens (including phenoxy) is 7. The third-order valence-electron chi connectivity index (χ3n) is 13.0. The van der Waals surface area contributed by atoms with Gasteiger partial charge in [-0.1, -0.05) is 30.1 Å². The molecule has 1 amide bonds. The van der Waals surface area contributed by atoms with Gasteiger partial charge in [0.25, 0.3) is 5.91 Å². The molecule has 0 radical (unpaired) electrons. The number of hydrogen-bond donors (Lipinski definition) is 2. The maximum absolute atomic E-state index is 14.8. The van der Waals surface area contributed by atoms with Gasteiger partial charge < -0.3 is 53.1 Å². The van der Waals surface area contributed by atoms with Crippen LogP contribution in [0.15, 0.2) is 84.1 Å². The summed E-state index contributed by atoms with van der Waals surface area (Å²) in [5.41, 5.74) is 3.25. The van der Waals surface area contributed by atoms with Crippen LogP contribution in [0.25, 0.3) is 0 Å². The molecular weight excluding hydrogens is 809 g/mol. The molecule has 3 heterocycles. The van der Waals surface area contributed by atoms with Gasteiger partial charge in [0.15, 0.2) is 17.8 Å². The summed E-state index contributed by atoms with van der Waals surface area (Å²) in [7, 11) is 3.28. The van der Waals surface area contributed by atoms with Gasteiger partial charge in [-0.05, 0) is 111 Å².